The Hall–Kier alpha value is -3.21. The average Bonchev–Trinajstić information content (AvgIpc) is 0.672. The van der Waals surface area contributed by atoms with Gasteiger partial charge in [0.05, 0.1) is 68.8 Å². The summed E-state index contributed by atoms with van der Waals surface area (Å²) >= 11 is 0. The van der Waals surface area contributed by atoms with Crippen molar-refractivity contribution in [3.63, 3.8) is 0 Å². The molecule has 13 fully saturated rings. The molecule has 14 rings (SSSR count). The summed E-state index contributed by atoms with van der Waals surface area (Å²) in [4.78, 5) is 44.2. The Kier molecular flexibility index (Phi) is 29.2. The van der Waals surface area contributed by atoms with Gasteiger partial charge >= 0.3 is 11.9 Å². The van der Waals surface area contributed by atoms with Gasteiger partial charge in [0.2, 0.25) is 6.29 Å². The first-order valence-electron chi connectivity index (χ1n) is 42.8. The van der Waals surface area contributed by atoms with Crippen LogP contribution in [0, 0.1) is 50.2 Å². The number of hydrogen-bond acceptors (Lipinski definition) is 43. The molecule has 124 heavy (non-hydrogen) atoms. The van der Waals surface area contributed by atoms with Gasteiger partial charge in [0.15, 0.2) is 62.5 Å². The molecule has 23 N–H and O–H groups in total. The maximum absolute atomic E-state index is 16.2. The number of esters is 1. The minimum atomic E-state index is -2.31. The third-order valence-electron chi connectivity index (χ3n) is 30.3. The number of carboxylic acid groups (broad SMARTS) is 1. The van der Waals surface area contributed by atoms with E-state index in [1.165, 1.54) is 13.8 Å². The van der Waals surface area contributed by atoms with Gasteiger partial charge in [0.25, 0.3) is 0 Å². The number of ether oxygens (including phenoxy) is 18. The highest BCUT2D eigenvalue weighted by Crippen LogP contribution is 2.76. The van der Waals surface area contributed by atoms with Gasteiger partial charge in [-0.15, -0.1) is 0 Å². The van der Waals surface area contributed by atoms with Gasteiger partial charge in [0, 0.05) is 0 Å². The molecule has 44 nitrogen and oxygen atoms in total. The lowest BCUT2D eigenvalue weighted by atomic mass is 9.33. The smallest absolute Gasteiger partial charge is 0.335 e. The number of aliphatic hydroxyl groups excluding tert-OH is 22. The highest BCUT2D eigenvalue weighted by atomic mass is 16.8. The molecule has 0 radical (unpaired) electrons. The molecular weight excluding hydrogens is 1660 g/mol. The molecule has 0 aromatic rings. The van der Waals surface area contributed by atoms with E-state index in [0.29, 0.717) is 51.4 Å². The number of carbonyl (C=O) groups excluding carboxylic acids is 2. The van der Waals surface area contributed by atoms with Crippen LogP contribution in [0.1, 0.15) is 120 Å². The fourth-order valence-corrected chi connectivity index (χ4v) is 22.6. The number of aldehydes is 1. The average molecular weight is 1790 g/mol. The summed E-state index contributed by atoms with van der Waals surface area (Å²) in [6, 6.07) is 0. The van der Waals surface area contributed by atoms with Crippen LogP contribution in [-0.4, -0.2) is 433 Å². The molecule has 0 amide bonds. The van der Waals surface area contributed by atoms with E-state index in [9.17, 15) is 127 Å². The quantitative estimate of drug-likeness (QED) is 0.0207. The van der Waals surface area contributed by atoms with Gasteiger partial charge in [-0.1, -0.05) is 53.2 Å². The zero-order valence-corrected chi connectivity index (χ0v) is 69.8. The number of allylic oxidation sites excluding steroid dienone is 2. The van der Waals surface area contributed by atoms with E-state index in [-0.39, 0.29) is 24.2 Å². The van der Waals surface area contributed by atoms with E-state index in [4.69, 9.17) is 85.3 Å². The predicted molar refractivity (Wildman–Crippen MR) is 400 cm³/mol. The highest BCUT2D eigenvalue weighted by molar-refractivity contribution is 5.79. The first-order chi connectivity index (χ1) is 58.3. The molecule has 710 valence electrons. The maximum atomic E-state index is 16.2. The summed E-state index contributed by atoms with van der Waals surface area (Å²) in [7, 11) is 0. The molecule has 9 saturated heterocycles. The maximum Gasteiger partial charge on any atom is 0.335 e. The largest absolute Gasteiger partial charge is 0.479 e. The Morgan fingerprint density at radius 3 is 1.46 bits per heavy atom. The Bertz CT molecular complexity index is 3660. The van der Waals surface area contributed by atoms with Gasteiger partial charge in [-0.3, -0.25) is 4.79 Å². The van der Waals surface area contributed by atoms with Crippen molar-refractivity contribution in [1.82, 2.24) is 0 Å². The van der Waals surface area contributed by atoms with E-state index in [0.717, 1.165) is 11.9 Å². The van der Waals surface area contributed by atoms with Crippen LogP contribution in [0.4, 0.5) is 0 Å². The first-order valence-corrected chi connectivity index (χ1v) is 42.8. The molecule has 0 aromatic carbocycles. The minimum Gasteiger partial charge on any atom is -0.479 e. The van der Waals surface area contributed by atoms with Gasteiger partial charge in [-0.25, -0.2) is 4.79 Å². The van der Waals surface area contributed by atoms with Crippen molar-refractivity contribution in [3.8, 4) is 0 Å². The van der Waals surface area contributed by atoms with Crippen LogP contribution in [0.5, 0.6) is 0 Å². The molecule has 9 heterocycles. The molecule has 14 aliphatic rings. The Balaban J connectivity index is 0.710. The standard InChI is InChI=1S/C80H126O44/c1-27-40(88)59(119-66-48(96)42(90)32(85)23-108-66)54(102)71(111-27)116-56-28(2)112-73(61(52(56)100)121-68-53(101)57(34(87)25-110-68)117-65-47(95)41(89)31(84)22-107-65)124-74(106)80-17-15-75(3,4)19-30(80)29-9-10-38-76(5)13-12-39(77(6,26-83)37(76)11-14-79(38,8)78(29,7)16-18-80)115-72-55(103)60(120-67-49(97)43(91)33(86)24-109-67)62(63(123-72)64(104)105)122-70-51(99)46(94)58(36(21-82)114-70)118-69-50(98)45(93)44(92)35(20-81)113-69/h9,26-28,30-63,65-73,81-82,84-103H,10-25H2,1-8H3,(H,104,105)/t27-,28+,30+,31-,32-,33+,34-,35-,36-,37-,38-,39+,40+,41+,42+,43+,44+,45+,46-,47-,48-,49-,50-,51-,52-,53-,54-,55-,56+,57+,58-,59+,60-,61-,62+,63+,65?,66?,67?,68?,69?,70?,71?,72?,73?,76+,77+,78-,79-,80+/m1/s1. The summed E-state index contributed by atoms with van der Waals surface area (Å²) < 4.78 is 108. The second-order valence-corrected chi connectivity index (χ2v) is 38.2. The van der Waals surface area contributed by atoms with E-state index >= 15 is 4.79 Å². The zero-order valence-electron chi connectivity index (χ0n) is 69.8. The molecule has 0 aromatic heterocycles. The highest BCUT2D eigenvalue weighted by Gasteiger charge is 2.72. The zero-order chi connectivity index (χ0) is 90.2. The second-order valence-electron chi connectivity index (χ2n) is 38.2. The SMILES string of the molecule is C[C@@H]1OC(OC(=O)[C@]23CCC(C)(C)C[C@H]2C2=CC[C@@H]4[C@@]5(C)CC[C@H](OC6O[C@H](C(=O)O)[C@@H](OC7O[C@H](CO)[C@@H](OC8O[C@H](CO)[C@H](O)[C@H](O)[C@H]8O)[C@H](O)[C@H]7O)[C@H](OC7OC[C@H](O)[C@H](O)[C@H]7O)[C@H]6O)[C@@](C)(C=O)[C@@H]5CC[C@@]4(C)[C@]2(C)CC3)[C@H](OC2OC[C@@H](O)[C@H](OC3OC[C@@H](O)[C@H](O)[C@H]3O)[C@H]2O)[C@H](O)[C@H]1OC1O[C@H](C)[C@H](O)[C@H](OC2OC[C@@H](O)[C@H](O)[C@H]2O)[C@H]1O. The summed E-state index contributed by atoms with van der Waals surface area (Å²) in [6.45, 7) is 11.1. The summed E-state index contributed by atoms with van der Waals surface area (Å²) in [5.74, 6) is -3.74. The molecule has 0 spiro atoms. The lowest BCUT2D eigenvalue weighted by Gasteiger charge is -2.71. The van der Waals surface area contributed by atoms with E-state index < -0.39 is 349 Å². The molecule has 9 unspecified atom stereocenters. The fraction of sp³-hybridized carbons (Fsp3) is 0.938. The van der Waals surface area contributed by atoms with Gasteiger partial charge in [0.1, 0.15) is 177 Å². The number of hydrogen-bond donors (Lipinski definition) is 23. The molecular formula is C80H126O44. The predicted octanol–water partition coefficient (Wildman–Crippen LogP) is -9.03. The first kappa shape index (κ1) is 96.8. The Morgan fingerprint density at radius 1 is 0.411 bits per heavy atom. The summed E-state index contributed by atoms with van der Waals surface area (Å²) in [5.41, 5.74) is -4.02. The van der Waals surface area contributed by atoms with Gasteiger partial charge in [-0.05, 0) is 117 Å². The number of fused-ring (bicyclic) bond motifs is 7. The summed E-state index contributed by atoms with van der Waals surface area (Å²) in [6.07, 6.45) is -70.5. The molecule has 9 aliphatic heterocycles. The van der Waals surface area contributed by atoms with Crippen molar-refractivity contribution < 1.29 is 217 Å². The van der Waals surface area contributed by atoms with Crippen molar-refractivity contribution in [2.24, 2.45) is 50.2 Å². The van der Waals surface area contributed by atoms with E-state index in [1.807, 2.05) is 0 Å². The van der Waals surface area contributed by atoms with Gasteiger partial charge in [-0.2, -0.15) is 0 Å². The van der Waals surface area contributed by atoms with Crippen LogP contribution in [0.3, 0.4) is 0 Å². The molecule has 0 bridgehead atoms. The van der Waals surface area contributed by atoms with Crippen molar-refractivity contribution in [2.75, 3.05) is 39.6 Å². The van der Waals surface area contributed by atoms with Crippen LogP contribution in [0.2, 0.25) is 0 Å². The Morgan fingerprint density at radius 2 is 0.879 bits per heavy atom. The monoisotopic (exact) mass is 1790 g/mol. The lowest BCUT2D eigenvalue weighted by molar-refractivity contribution is -0.392. The lowest BCUT2D eigenvalue weighted by Crippen LogP contribution is -2.69. The third kappa shape index (κ3) is 17.3. The van der Waals surface area contributed by atoms with Crippen molar-refractivity contribution in [2.45, 2.75) is 378 Å². The third-order valence-corrected chi connectivity index (χ3v) is 30.3. The van der Waals surface area contributed by atoms with Crippen molar-refractivity contribution >= 4 is 18.2 Å². The molecule has 4 saturated carbocycles. The molecule has 5 aliphatic carbocycles. The molecule has 44 heteroatoms. The van der Waals surface area contributed by atoms with Crippen LogP contribution in [0.25, 0.3) is 0 Å². The van der Waals surface area contributed by atoms with E-state index in [1.54, 1.807) is 6.92 Å². The number of carboxylic acids is 1. The summed E-state index contributed by atoms with van der Waals surface area (Å²) in [5, 5.41) is 254. The van der Waals surface area contributed by atoms with Crippen molar-refractivity contribution in [1.29, 1.82) is 0 Å². The van der Waals surface area contributed by atoms with Crippen LogP contribution < -0.4 is 0 Å². The van der Waals surface area contributed by atoms with Gasteiger partial charge < -0.3 is 208 Å². The minimum absolute atomic E-state index is 0.0935. The van der Waals surface area contributed by atoms with Crippen LogP contribution >= 0.6 is 0 Å². The topological polar surface area (TPSA) is 683 Å². The second kappa shape index (κ2) is 37.3. The van der Waals surface area contributed by atoms with Crippen LogP contribution in [-0.2, 0) is 99.6 Å². The van der Waals surface area contributed by atoms with E-state index in [2.05, 4.69) is 40.7 Å². The number of aliphatic carboxylic acids is 1. The fourth-order valence-electron chi connectivity index (χ4n) is 22.6. The Labute approximate surface area is 712 Å². The number of carbonyl (C=O) groups is 3. The molecule has 50 atom stereocenters. The van der Waals surface area contributed by atoms with Crippen LogP contribution in [0.15, 0.2) is 11.6 Å². The normalized spacial score (nSPS) is 54.8. The number of aliphatic hydroxyl groups is 22. The number of rotatable bonds is 22. The van der Waals surface area contributed by atoms with Crippen molar-refractivity contribution in [3.05, 3.63) is 11.6 Å².